The van der Waals surface area contributed by atoms with E-state index in [9.17, 15) is 14.9 Å². The number of nitrogens with one attached hydrogen (secondary N) is 1. The van der Waals surface area contributed by atoms with Crippen molar-refractivity contribution in [3.63, 3.8) is 0 Å². The van der Waals surface area contributed by atoms with Crippen molar-refractivity contribution in [2.45, 2.75) is 25.4 Å². The normalized spacial score (nSPS) is 12.9. The summed E-state index contributed by atoms with van der Waals surface area (Å²) in [7, 11) is 0. The van der Waals surface area contributed by atoms with E-state index in [1.54, 1.807) is 29.1 Å². The van der Waals surface area contributed by atoms with Crippen LogP contribution in [-0.2, 0) is 11.2 Å². The lowest BCUT2D eigenvalue weighted by molar-refractivity contribution is -0.384. The Labute approximate surface area is 167 Å². The van der Waals surface area contributed by atoms with Gasteiger partial charge >= 0.3 is 0 Å². The second kappa shape index (κ2) is 8.67. The van der Waals surface area contributed by atoms with Gasteiger partial charge in [0.2, 0.25) is 5.91 Å². The van der Waals surface area contributed by atoms with E-state index in [0.717, 1.165) is 5.56 Å². The number of amides is 1. The van der Waals surface area contributed by atoms with Crippen molar-refractivity contribution in [3.05, 3.63) is 93.3 Å². The van der Waals surface area contributed by atoms with E-state index >= 15 is 0 Å². The van der Waals surface area contributed by atoms with Crippen LogP contribution < -0.4 is 5.32 Å². The molecule has 0 spiro atoms. The van der Waals surface area contributed by atoms with E-state index in [1.165, 1.54) is 12.1 Å². The van der Waals surface area contributed by atoms with Crippen molar-refractivity contribution in [1.82, 2.24) is 15.1 Å². The van der Waals surface area contributed by atoms with E-state index in [-0.39, 0.29) is 30.1 Å². The monoisotopic (exact) mass is 398 g/mol. The molecule has 2 atom stereocenters. The molecule has 1 N–H and O–H groups in total. The van der Waals surface area contributed by atoms with Crippen molar-refractivity contribution in [3.8, 4) is 0 Å². The van der Waals surface area contributed by atoms with E-state index in [2.05, 4.69) is 10.4 Å². The zero-order valence-electron chi connectivity index (χ0n) is 15.2. The Morgan fingerprint density at radius 2 is 2.04 bits per heavy atom. The lowest BCUT2D eigenvalue weighted by Crippen LogP contribution is -2.40. The summed E-state index contributed by atoms with van der Waals surface area (Å²) < 4.78 is 1.75. The number of carbonyl (C=O) groups is 1. The van der Waals surface area contributed by atoms with Crippen LogP contribution in [0.3, 0.4) is 0 Å². The molecule has 3 aromatic rings. The van der Waals surface area contributed by atoms with Crippen LogP contribution in [0.1, 0.15) is 24.1 Å². The molecule has 7 nitrogen and oxygen atoms in total. The molecule has 0 saturated carbocycles. The first kappa shape index (κ1) is 19.6. The molecule has 3 rings (SSSR count). The maximum absolute atomic E-state index is 12.6. The Balaban J connectivity index is 1.78. The molecule has 28 heavy (non-hydrogen) atoms. The number of carbonyl (C=O) groups excluding carboxylic acids is 1. The zero-order chi connectivity index (χ0) is 20.1. The summed E-state index contributed by atoms with van der Waals surface area (Å²) in [6, 6.07) is 14.7. The van der Waals surface area contributed by atoms with Gasteiger partial charge in [-0.25, -0.2) is 0 Å². The molecule has 0 fully saturated rings. The average Bonchev–Trinajstić information content (AvgIpc) is 3.18. The first-order valence-electron chi connectivity index (χ1n) is 8.72. The highest BCUT2D eigenvalue weighted by Gasteiger charge is 2.25. The van der Waals surface area contributed by atoms with Crippen LogP contribution in [0.25, 0.3) is 0 Å². The second-order valence-electron chi connectivity index (χ2n) is 6.41. The van der Waals surface area contributed by atoms with Gasteiger partial charge in [-0.05, 0) is 30.2 Å². The van der Waals surface area contributed by atoms with Gasteiger partial charge in [-0.15, -0.1) is 0 Å². The predicted molar refractivity (Wildman–Crippen MR) is 106 cm³/mol. The van der Waals surface area contributed by atoms with Crippen LogP contribution in [0.5, 0.6) is 0 Å². The Hall–Kier alpha value is -3.19. The summed E-state index contributed by atoms with van der Waals surface area (Å²) in [5.41, 5.74) is 1.38. The summed E-state index contributed by atoms with van der Waals surface area (Å²) >= 11 is 6.38. The van der Waals surface area contributed by atoms with Crippen LogP contribution in [-0.4, -0.2) is 26.7 Å². The molecule has 0 radical (unpaired) electrons. The summed E-state index contributed by atoms with van der Waals surface area (Å²) in [5, 5.41) is 18.8. The highest BCUT2D eigenvalue weighted by Crippen LogP contribution is 2.28. The molecule has 2 aromatic carbocycles. The van der Waals surface area contributed by atoms with E-state index in [1.807, 2.05) is 37.4 Å². The molecule has 0 aliphatic heterocycles. The lowest BCUT2D eigenvalue weighted by atomic mass is 10.00. The minimum atomic E-state index is -0.477. The maximum Gasteiger partial charge on any atom is 0.269 e. The van der Waals surface area contributed by atoms with Gasteiger partial charge in [-0.1, -0.05) is 41.9 Å². The number of non-ortho nitro benzene ring substituents is 1. The van der Waals surface area contributed by atoms with Gasteiger partial charge in [0.1, 0.15) is 0 Å². The van der Waals surface area contributed by atoms with Crippen LogP contribution in [0.2, 0.25) is 5.02 Å². The second-order valence-corrected chi connectivity index (χ2v) is 6.82. The van der Waals surface area contributed by atoms with E-state index in [0.29, 0.717) is 10.6 Å². The zero-order valence-corrected chi connectivity index (χ0v) is 15.9. The molecule has 0 bridgehead atoms. The number of benzene rings is 2. The maximum atomic E-state index is 12.6. The Morgan fingerprint density at radius 1 is 1.25 bits per heavy atom. The van der Waals surface area contributed by atoms with Gasteiger partial charge in [0, 0.05) is 29.5 Å². The van der Waals surface area contributed by atoms with Crippen molar-refractivity contribution in [2.75, 3.05) is 0 Å². The van der Waals surface area contributed by atoms with Crippen molar-refractivity contribution >= 4 is 23.2 Å². The number of nitrogens with zero attached hydrogens (tertiary/aromatic N) is 3. The third-order valence-corrected chi connectivity index (χ3v) is 4.73. The fourth-order valence-corrected chi connectivity index (χ4v) is 3.40. The summed E-state index contributed by atoms with van der Waals surface area (Å²) in [4.78, 5) is 23.0. The summed E-state index contributed by atoms with van der Waals surface area (Å²) in [5.74, 6) is -0.239. The topological polar surface area (TPSA) is 90.1 Å². The molecule has 1 heterocycles. The number of halogens is 1. The van der Waals surface area contributed by atoms with Gasteiger partial charge in [-0.2, -0.15) is 5.10 Å². The fraction of sp³-hybridized carbons (Fsp3) is 0.200. The largest absolute Gasteiger partial charge is 0.351 e. The van der Waals surface area contributed by atoms with Crippen LogP contribution in [0.4, 0.5) is 5.69 Å². The number of hydrogen-bond acceptors (Lipinski definition) is 4. The minimum Gasteiger partial charge on any atom is -0.351 e. The first-order valence-corrected chi connectivity index (χ1v) is 9.09. The molecule has 0 aliphatic rings. The molecule has 0 saturated heterocycles. The SMILES string of the molecule is C[C@H](NC(=O)Cc1cccc([N+](=O)[O-])c1)[C@H](c1ccccc1Cl)n1cccn1. The molecule has 0 unspecified atom stereocenters. The Kier molecular flexibility index (Phi) is 6.06. The summed E-state index contributed by atoms with van der Waals surface area (Å²) in [6.45, 7) is 1.88. The van der Waals surface area contributed by atoms with E-state index < -0.39 is 4.92 Å². The highest BCUT2D eigenvalue weighted by atomic mass is 35.5. The van der Waals surface area contributed by atoms with Crippen LogP contribution in [0, 0.1) is 10.1 Å². The molecule has 8 heteroatoms. The van der Waals surface area contributed by atoms with E-state index in [4.69, 9.17) is 11.6 Å². The summed E-state index contributed by atoms with van der Waals surface area (Å²) in [6.07, 6.45) is 3.53. The van der Waals surface area contributed by atoms with Crippen molar-refractivity contribution < 1.29 is 9.72 Å². The lowest BCUT2D eigenvalue weighted by Gasteiger charge is -2.26. The Bertz CT molecular complexity index is 975. The predicted octanol–water partition coefficient (Wildman–Crippen LogP) is 3.78. The number of hydrogen-bond donors (Lipinski definition) is 1. The first-order chi connectivity index (χ1) is 13.5. The highest BCUT2D eigenvalue weighted by molar-refractivity contribution is 6.31. The van der Waals surface area contributed by atoms with Gasteiger partial charge in [0.25, 0.3) is 5.69 Å². The number of rotatable bonds is 7. The molecular weight excluding hydrogens is 380 g/mol. The minimum absolute atomic E-state index is 0.0381. The number of aromatic nitrogens is 2. The van der Waals surface area contributed by atoms with Crippen molar-refractivity contribution in [1.29, 1.82) is 0 Å². The molecule has 0 aliphatic carbocycles. The molecule has 1 amide bonds. The van der Waals surface area contributed by atoms with Crippen LogP contribution >= 0.6 is 11.6 Å². The number of nitro groups is 1. The van der Waals surface area contributed by atoms with Crippen LogP contribution in [0.15, 0.2) is 67.0 Å². The van der Waals surface area contributed by atoms with Gasteiger partial charge in [-0.3, -0.25) is 19.6 Å². The molecule has 144 valence electrons. The third-order valence-electron chi connectivity index (χ3n) is 4.38. The third kappa shape index (κ3) is 4.55. The number of nitro benzene ring substituents is 1. The smallest absolute Gasteiger partial charge is 0.269 e. The molecular formula is C20H19ClN4O3. The average molecular weight is 399 g/mol. The Morgan fingerprint density at radius 3 is 2.71 bits per heavy atom. The van der Waals surface area contributed by atoms with Gasteiger partial charge in [0.05, 0.1) is 23.4 Å². The van der Waals surface area contributed by atoms with Gasteiger partial charge in [0.15, 0.2) is 0 Å². The quantitative estimate of drug-likeness (QED) is 0.484. The fourth-order valence-electron chi connectivity index (χ4n) is 3.15. The standard InChI is InChI=1S/C20H19ClN4O3/c1-14(23-19(26)13-15-6-4-7-16(12-15)25(27)28)20(24-11-5-10-22-24)17-8-2-3-9-18(17)21/h2-12,14,20H,13H2,1H3,(H,23,26)/t14-,20+/m0/s1. The van der Waals surface area contributed by atoms with Gasteiger partial charge < -0.3 is 5.32 Å². The molecule has 1 aromatic heterocycles. The van der Waals surface area contributed by atoms with Crippen molar-refractivity contribution in [2.24, 2.45) is 0 Å².